The molecule has 3 aromatic carbocycles. The Morgan fingerprint density at radius 3 is 2.12 bits per heavy atom. The first-order valence-electron chi connectivity index (χ1n) is 13.8. The average molecular weight is 574 g/mol. The van der Waals surface area contributed by atoms with Crippen molar-refractivity contribution in [3.63, 3.8) is 0 Å². The van der Waals surface area contributed by atoms with Gasteiger partial charge in [0.25, 0.3) is 5.91 Å². The number of carbonyl (C=O) groups is 1. The molecule has 0 spiro atoms. The number of aromatic nitrogens is 3. The summed E-state index contributed by atoms with van der Waals surface area (Å²) in [7, 11) is 1.92. The fourth-order valence-electron chi connectivity index (χ4n) is 3.93. The number of hydrogen-bond acceptors (Lipinski definition) is 9. The van der Waals surface area contributed by atoms with Gasteiger partial charge in [-0.15, -0.1) is 0 Å². The Morgan fingerprint density at radius 2 is 1.40 bits per heavy atom. The molecule has 0 radical (unpaired) electrons. The molecule has 0 unspecified atom stereocenters. The molecule has 0 bridgehead atoms. The van der Waals surface area contributed by atoms with E-state index in [9.17, 15) is 9.18 Å². The van der Waals surface area contributed by atoms with Crippen LogP contribution < -0.4 is 20.9 Å². The number of amides is 1. The molecule has 0 saturated carbocycles. The van der Waals surface area contributed by atoms with Crippen LogP contribution in [0.2, 0.25) is 0 Å². The van der Waals surface area contributed by atoms with Crippen molar-refractivity contribution in [1.29, 1.82) is 0 Å². The largest absolute Gasteiger partial charge is 0.377 e. The molecule has 11 heteroatoms. The molecule has 0 aliphatic carbocycles. The van der Waals surface area contributed by atoms with Crippen LogP contribution in [0.5, 0.6) is 0 Å². The maximum atomic E-state index is 13.6. The quantitative estimate of drug-likeness (QED) is 0.161. The van der Waals surface area contributed by atoms with E-state index in [4.69, 9.17) is 9.47 Å². The molecule has 220 valence electrons. The number of halogens is 1. The fourth-order valence-corrected chi connectivity index (χ4v) is 3.93. The summed E-state index contributed by atoms with van der Waals surface area (Å²) in [6.45, 7) is 3.52. The van der Waals surface area contributed by atoms with Gasteiger partial charge in [-0.05, 0) is 35.4 Å². The second-order valence-electron chi connectivity index (χ2n) is 9.38. The van der Waals surface area contributed by atoms with Gasteiger partial charge >= 0.3 is 0 Å². The van der Waals surface area contributed by atoms with E-state index in [1.165, 1.54) is 12.1 Å². The van der Waals surface area contributed by atoms with Crippen LogP contribution in [0.15, 0.2) is 84.9 Å². The van der Waals surface area contributed by atoms with Crippen molar-refractivity contribution in [3.05, 3.63) is 107 Å². The van der Waals surface area contributed by atoms with E-state index < -0.39 is 0 Å². The van der Waals surface area contributed by atoms with Crippen LogP contribution in [0.4, 0.5) is 22.2 Å². The van der Waals surface area contributed by atoms with Crippen LogP contribution in [-0.4, -0.2) is 67.4 Å². The van der Waals surface area contributed by atoms with Gasteiger partial charge < -0.3 is 30.3 Å². The number of hydrogen-bond donors (Lipinski definition) is 3. The SMILES string of the molecule is CN(Cc1ccccc1)c1nc(NCCOCCOCCNC(=O)c2ccccc2)nc(NCc2cccc(F)c2)n1. The van der Waals surface area contributed by atoms with Crippen molar-refractivity contribution in [2.24, 2.45) is 0 Å². The van der Waals surface area contributed by atoms with Gasteiger partial charge in [-0.25, -0.2) is 4.39 Å². The lowest BCUT2D eigenvalue weighted by atomic mass is 10.2. The van der Waals surface area contributed by atoms with E-state index in [-0.39, 0.29) is 11.7 Å². The summed E-state index contributed by atoms with van der Waals surface area (Å²) in [6.07, 6.45) is 0. The Labute approximate surface area is 245 Å². The van der Waals surface area contributed by atoms with Gasteiger partial charge in [-0.1, -0.05) is 60.7 Å². The summed E-state index contributed by atoms with van der Waals surface area (Å²) in [5.74, 6) is 0.847. The molecule has 1 aromatic heterocycles. The number of ether oxygens (including phenoxy) is 2. The normalized spacial score (nSPS) is 10.7. The first-order valence-corrected chi connectivity index (χ1v) is 13.8. The summed E-state index contributed by atoms with van der Waals surface area (Å²) >= 11 is 0. The molecule has 0 atom stereocenters. The third-order valence-electron chi connectivity index (χ3n) is 6.04. The molecule has 4 aromatic rings. The monoisotopic (exact) mass is 573 g/mol. The Hall–Kier alpha value is -4.61. The highest BCUT2D eigenvalue weighted by molar-refractivity contribution is 5.94. The van der Waals surface area contributed by atoms with Crippen LogP contribution >= 0.6 is 0 Å². The molecule has 0 aliphatic heterocycles. The lowest BCUT2D eigenvalue weighted by Crippen LogP contribution is -2.27. The molecule has 4 rings (SSSR count). The van der Waals surface area contributed by atoms with E-state index in [0.717, 1.165) is 11.1 Å². The van der Waals surface area contributed by atoms with E-state index in [2.05, 4.69) is 30.9 Å². The fraction of sp³-hybridized carbons (Fsp3) is 0.290. The number of nitrogens with zero attached hydrogens (tertiary/aromatic N) is 4. The maximum Gasteiger partial charge on any atom is 0.251 e. The Kier molecular flexibility index (Phi) is 12.0. The van der Waals surface area contributed by atoms with Crippen molar-refractivity contribution >= 4 is 23.8 Å². The molecule has 1 heterocycles. The summed E-state index contributed by atoms with van der Waals surface area (Å²) < 4.78 is 24.8. The van der Waals surface area contributed by atoms with Crippen molar-refractivity contribution in [1.82, 2.24) is 20.3 Å². The van der Waals surface area contributed by atoms with Crippen LogP contribution in [-0.2, 0) is 22.6 Å². The lowest BCUT2D eigenvalue weighted by molar-refractivity contribution is 0.0519. The predicted octanol–water partition coefficient (Wildman–Crippen LogP) is 4.13. The highest BCUT2D eigenvalue weighted by Crippen LogP contribution is 2.16. The summed E-state index contributed by atoms with van der Waals surface area (Å²) in [5, 5.41) is 9.18. The minimum Gasteiger partial charge on any atom is -0.377 e. The van der Waals surface area contributed by atoms with E-state index in [0.29, 0.717) is 76.0 Å². The van der Waals surface area contributed by atoms with Gasteiger partial charge in [-0.3, -0.25) is 4.79 Å². The first kappa shape index (κ1) is 30.4. The van der Waals surface area contributed by atoms with E-state index in [1.54, 1.807) is 18.2 Å². The summed E-state index contributed by atoms with van der Waals surface area (Å²) in [6, 6.07) is 25.5. The third-order valence-corrected chi connectivity index (χ3v) is 6.04. The zero-order chi connectivity index (χ0) is 29.4. The second-order valence-corrected chi connectivity index (χ2v) is 9.38. The summed E-state index contributed by atoms with van der Waals surface area (Å²) in [4.78, 5) is 27.6. The molecule has 10 nitrogen and oxygen atoms in total. The van der Waals surface area contributed by atoms with Gasteiger partial charge in [0.2, 0.25) is 17.8 Å². The number of anilines is 3. The standard InChI is InChI=1S/C31H36FN7O3/c1-39(23-24-9-4-2-5-10-24)31-37-29(36-30(38-31)35-22-25-11-8-14-27(32)21-25)34-16-18-42-20-19-41-17-15-33-28(40)26-12-6-3-7-13-26/h2-14,21H,15-20,22-23H2,1H3,(H,33,40)(H2,34,35,36,37,38). The van der Waals surface area contributed by atoms with Gasteiger partial charge in [0.15, 0.2) is 0 Å². The zero-order valence-electron chi connectivity index (χ0n) is 23.6. The highest BCUT2D eigenvalue weighted by Gasteiger charge is 2.12. The molecule has 3 N–H and O–H groups in total. The topological polar surface area (TPSA) is 114 Å². The Balaban J connectivity index is 1.21. The maximum absolute atomic E-state index is 13.6. The molecule has 1 amide bonds. The minimum absolute atomic E-state index is 0.124. The molecule has 42 heavy (non-hydrogen) atoms. The van der Waals surface area contributed by atoms with Crippen LogP contribution in [0.25, 0.3) is 0 Å². The lowest BCUT2D eigenvalue weighted by Gasteiger charge is -2.19. The number of rotatable bonds is 17. The molecule has 0 saturated heterocycles. The smallest absolute Gasteiger partial charge is 0.251 e. The molecule has 0 fully saturated rings. The minimum atomic E-state index is -0.296. The van der Waals surface area contributed by atoms with Crippen LogP contribution in [0.1, 0.15) is 21.5 Å². The highest BCUT2D eigenvalue weighted by atomic mass is 19.1. The molecular weight excluding hydrogens is 537 g/mol. The number of benzene rings is 3. The van der Waals surface area contributed by atoms with Crippen LogP contribution in [0.3, 0.4) is 0 Å². The third kappa shape index (κ3) is 10.4. The van der Waals surface area contributed by atoms with Gasteiger partial charge in [0.05, 0.1) is 26.4 Å². The summed E-state index contributed by atoms with van der Waals surface area (Å²) in [5.41, 5.74) is 2.52. The van der Waals surface area contributed by atoms with Crippen LogP contribution in [0, 0.1) is 5.82 Å². The zero-order valence-corrected chi connectivity index (χ0v) is 23.6. The average Bonchev–Trinajstić information content (AvgIpc) is 3.01. The molecular formula is C31H36FN7O3. The van der Waals surface area contributed by atoms with Crippen molar-refractivity contribution < 1.29 is 18.7 Å². The number of nitrogens with one attached hydrogen (secondary N) is 3. The number of carbonyl (C=O) groups excluding carboxylic acids is 1. The Morgan fingerprint density at radius 1 is 0.762 bits per heavy atom. The second kappa shape index (κ2) is 16.6. The first-order chi connectivity index (χ1) is 20.6. The van der Waals surface area contributed by atoms with Gasteiger partial charge in [0, 0.05) is 38.8 Å². The van der Waals surface area contributed by atoms with Gasteiger partial charge in [-0.2, -0.15) is 15.0 Å². The van der Waals surface area contributed by atoms with Crippen molar-refractivity contribution in [2.75, 3.05) is 62.1 Å². The van der Waals surface area contributed by atoms with E-state index in [1.807, 2.05) is 66.5 Å². The Bertz CT molecular complexity index is 1380. The molecule has 0 aliphatic rings. The van der Waals surface area contributed by atoms with Crippen molar-refractivity contribution in [2.45, 2.75) is 13.1 Å². The van der Waals surface area contributed by atoms with Crippen molar-refractivity contribution in [3.8, 4) is 0 Å². The van der Waals surface area contributed by atoms with Gasteiger partial charge in [0.1, 0.15) is 5.82 Å². The van der Waals surface area contributed by atoms with E-state index >= 15 is 0 Å². The predicted molar refractivity (Wildman–Crippen MR) is 161 cm³/mol.